The number of anilines is 1. The van der Waals surface area contributed by atoms with Crippen molar-refractivity contribution >= 4 is 21.6 Å². The minimum absolute atomic E-state index is 0.236. The normalized spacial score (nSPS) is 12.1. The molecule has 0 spiro atoms. The summed E-state index contributed by atoms with van der Waals surface area (Å²) >= 11 is 0. The predicted molar refractivity (Wildman–Crippen MR) is 114 cm³/mol. The Morgan fingerprint density at radius 2 is 1.76 bits per heavy atom. The number of rotatable bonds is 10. The number of methoxy groups -OCH3 is 1. The maximum absolute atomic E-state index is 12.9. The number of benzene rings is 2. The molecule has 8 heteroatoms. The average Bonchev–Trinajstić information content (AvgIpc) is 2.70. The second kappa shape index (κ2) is 10.2. The number of ether oxygens (including phenoxy) is 2. The van der Waals surface area contributed by atoms with Crippen molar-refractivity contribution in [1.29, 1.82) is 0 Å². The molecular formula is C21H28N2O5S. The summed E-state index contributed by atoms with van der Waals surface area (Å²) < 4.78 is 36.9. The van der Waals surface area contributed by atoms with E-state index >= 15 is 0 Å². The molecule has 0 aromatic heterocycles. The van der Waals surface area contributed by atoms with Gasteiger partial charge in [0, 0.05) is 12.1 Å². The fourth-order valence-electron chi connectivity index (χ4n) is 3.07. The van der Waals surface area contributed by atoms with Crippen molar-refractivity contribution in [3.63, 3.8) is 0 Å². The van der Waals surface area contributed by atoms with E-state index in [9.17, 15) is 13.2 Å². The molecular weight excluding hydrogens is 392 g/mol. The van der Waals surface area contributed by atoms with Crippen LogP contribution in [0.1, 0.15) is 25.8 Å². The second-order valence-electron chi connectivity index (χ2n) is 6.44. The Morgan fingerprint density at radius 3 is 2.31 bits per heavy atom. The first-order valence-electron chi connectivity index (χ1n) is 9.43. The lowest BCUT2D eigenvalue weighted by molar-refractivity contribution is -0.122. The van der Waals surface area contributed by atoms with Crippen LogP contribution in [0.4, 0.5) is 5.69 Å². The quantitative estimate of drug-likeness (QED) is 0.639. The van der Waals surface area contributed by atoms with Gasteiger partial charge in [0.15, 0.2) is 0 Å². The Bertz CT molecular complexity index is 913. The summed E-state index contributed by atoms with van der Waals surface area (Å²) in [4.78, 5) is 12.9. The number of para-hydroxylation sites is 1. The third-order valence-electron chi connectivity index (χ3n) is 4.38. The standard InChI is InChI=1S/C21H28N2O5S/c1-5-19(21(24)22-15-16-9-7-8-10-20(16)27-3)23(29(4,25)26)17-11-13-18(14-12-17)28-6-2/h7-14,19H,5-6,15H2,1-4H3,(H,22,24)/t19-/m0/s1. The molecule has 0 aliphatic rings. The molecule has 2 rings (SSSR count). The van der Waals surface area contributed by atoms with Gasteiger partial charge in [0.25, 0.3) is 0 Å². The molecule has 2 aromatic carbocycles. The monoisotopic (exact) mass is 420 g/mol. The Labute approximate surface area is 172 Å². The molecule has 2 aromatic rings. The predicted octanol–water partition coefficient (Wildman–Crippen LogP) is 2.95. The minimum Gasteiger partial charge on any atom is -0.496 e. The van der Waals surface area contributed by atoms with Gasteiger partial charge >= 0.3 is 0 Å². The molecule has 0 saturated carbocycles. The van der Waals surface area contributed by atoms with Crippen LogP contribution in [0.5, 0.6) is 11.5 Å². The third kappa shape index (κ3) is 5.87. The van der Waals surface area contributed by atoms with Crippen LogP contribution < -0.4 is 19.1 Å². The van der Waals surface area contributed by atoms with Gasteiger partial charge in [0.1, 0.15) is 17.5 Å². The maximum atomic E-state index is 12.9. The van der Waals surface area contributed by atoms with Crippen molar-refractivity contribution in [3.05, 3.63) is 54.1 Å². The van der Waals surface area contributed by atoms with Crippen LogP contribution >= 0.6 is 0 Å². The van der Waals surface area contributed by atoms with E-state index in [1.807, 2.05) is 31.2 Å². The lowest BCUT2D eigenvalue weighted by atomic mass is 10.1. The van der Waals surface area contributed by atoms with Crippen molar-refractivity contribution in [3.8, 4) is 11.5 Å². The van der Waals surface area contributed by atoms with Gasteiger partial charge < -0.3 is 14.8 Å². The molecule has 0 unspecified atom stereocenters. The first kappa shape index (κ1) is 22.5. The summed E-state index contributed by atoms with van der Waals surface area (Å²) in [6, 6.07) is 13.1. The first-order valence-corrected chi connectivity index (χ1v) is 11.3. The number of carbonyl (C=O) groups excluding carboxylic acids is 1. The molecule has 0 aliphatic carbocycles. The van der Waals surface area contributed by atoms with E-state index in [1.54, 1.807) is 38.3 Å². The van der Waals surface area contributed by atoms with Crippen LogP contribution in [-0.4, -0.2) is 40.3 Å². The number of hydrogen-bond acceptors (Lipinski definition) is 5. The summed E-state index contributed by atoms with van der Waals surface area (Å²) in [6.45, 7) is 4.40. The van der Waals surface area contributed by atoms with E-state index in [2.05, 4.69) is 5.32 Å². The smallest absolute Gasteiger partial charge is 0.244 e. The SMILES string of the molecule is CCOc1ccc(N([C@@H](CC)C(=O)NCc2ccccc2OC)S(C)(=O)=O)cc1. The van der Waals surface area contributed by atoms with Gasteiger partial charge in [-0.2, -0.15) is 0 Å². The van der Waals surface area contributed by atoms with E-state index < -0.39 is 16.1 Å². The molecule has 1 amide bonds. The molecule has 0 bridgehead atoms. The highest BCUT2D eigenvalue weighted by Gasteiger charge is 2.31. The van der Waals surface area contributed by atoms with E-state index in [4.69, 9.17) is 9.47 Å². The fraction of sp³-hybridized carbons (Fsp3) is 0.381. The zero-order chi connectivity index (χ0) is 21.4. The van der Waals surface area contributed by atoms with Crippen molar-refractivity contribution in [2.45, 2.75) is 32.9 Å². The zero-order valence-corrected chi connectivity index (χ0v) is 18.0. The maximum Gasteiger partial charge on any atom is 0.244 e. The van der Waals surface area contributed by atoms with E-state index in [0.717, 1.165) is 16.1 Å². The number of carbonyl (C=O) groups is 1. The number of hydrogen-bond donors (Lipinski definition) is 1. The molecule has 1 atom stereocenters. The Kier molecular flexibility index (Phi) is 7.90. The molecule has 158 valence electrons. The lowest BCUT2D eigenvalue weighted by Gasteiger charge is -2.30. The van der Waals surface area contributed by atoms with Gasteiger partial charge in [0.05, 0.1) is 25.7 Å². The van der Waals surface area contributed by atoms with Crippen LogP contribution in [0.25, 0.3) is 0 Å². The van der Waals surface area contributed by atoms with Gasteiger partial charge in [-0.1, -0.05) is 25.1 Å². The van der Waals surface area contributed by atoms with Gasteiger partial charge in [-0.3, -0.25) is 9.10 Å². The molecule has 0 radical (unpaired) electrons. The highest BCUT2D eigenvalue weighted by molar-refractivity contribution is 7.92. The van der Waals surface area contributed by atoms with Crippen molar-refractivity contribution in [1.82, 2.24) is 5.32 Å². The van der Waals surface area contributed by atoms with Crippen LogP contribution in [0.3, 0.4) is 0 Å². The molecule has 0 heterocycles. The largest absolute Gasteiger partial charge is 0.496 e. The molecule has 0 saturated heterocycles. The Balaban J connectivity index is 2.24. The highest BCUT2D eigenvalue weighted by Crippen LogP contribution is 2.25. The van der Waals surface area contributed by atoms with Crippen molar-refractivity contribution < 1.29 is 22.7 Å². The van der Waals surface area contributed by atoms with Crippen molar-refractivity contribution in [2.24, 2.45) is 0 Å². The molecule has 0 aliphatic heterocycles. The molecule has 0 fully saturated rings. The van der Waals surface area contributed by atoms with E-state index in [1.165, 1.54) is 0 Å². The Morgan fingerprint density at radius 1 is 1.10 bits per heavy atom. The van der Waals surface area contributed by atoms with Gasteiger partial charge in [-0.05, 0) is 43.7 Å². The highest BCUT2D eigenvalue weighted by atomic mass is 32.2. The van der Waals surface area contributed by atoms with Gasteiger partial charge in [0.2, 0.25) is 15.9 Å². The summed E-state index contributed by atoms with van der Waals surface area (Å²) in [6.07, 6.45) is 1.41. The van der Waals surface area contributed by atoms with Gasteiger partial charge in [-0.25, -0.2) is 8.42 Å². The lowest BCUT2D eigenvalue weighted by Crippen LogP contribution is -2.49. The van der Waals surface area contributed by atoms with Crippen LogP contribution in [0.2, 0.25) is 0 Å². The minimum atomic E-state index is -3.69. The Hall–Kier alpha value is -2.74. The van der Waals surface area contributed by atoms with E-state index in [-0.39, 0.29) is 12.5 Å². The molecule has 29 heavy (non-hydrogen) atoms. The summed E-state index contributed by atoms with van der Waals surface area (Å²) in [7, 11) is -2.13. The number of nitrogens with one attached hydrogen (secondary N) is 1. The number of amides is 1. The third-order valence-corrected chi connectivity index (χ3v) is 5.56. The summed E-state index contributed by atoms with van der Waals surface area (Å²) in [5, 5.41) is 2.83. The summed E-state index contributed by atoms with van der Waals surface area (Å²) in [5.74, 6) is 0.920. The summed E-state index contributed by atoms with van der Waals surface area (Å²) in [5.41, 5.74) is 1.22. The first-order chi connectivity index (χ1) is 13.8. The molecule has 1 N–H and O–H groups in total. The van der Waals surface area contributed by atoms with Crippen LogP contribution in [0, 0.1) is 0 Å². The van der Waals surface area contributed by atoms with Gasteiger partial charge in [-0.15, -0.1) is 0 Å². The number of nitrogens with zero attached hydrogens (tertiary/aromatic N) is 1. The fourth-order valence-corrected chi connectivity index (χ4v) is 4.28. The average molecular weight is 421 g/mol. The second-order valence-corrected chi connectivity index (χ2v) is 8.30. The van der Waals surface area contributed by atoms with Crippen molar-refractivity contribution in [2.75, 3.05) is 24.3 Å². The van der Waals surface area contributed by atoms with E-state index in [0.29, 0.717) is 30.2 Å². The molecule has 7 nitrogen and oxygen atoms in total. The van der Waals surface area contributed by atoms with Crippen LogP contribution in [-0.2, 0) is 21.4 Å². The number of sulfonamides is 1. The topological polar surface area (TPSA) is 84.9 Å². The van der Waals surface area contributed by atoms with Crippen LogP contribution in [0.15, 0.2) is 48.5 Å². The zero-order valence-electron chi connectivity index (χ0n) is 17.2.